The molecule has 0 saturated carbocycles. The molecule has 0 radical (unpaired) electrons. The largest absolute Gasteiger partial charge is 0.314 e. The topological polar surface area (TPSA) is 76.4 Å². The van der Waals surface area contributed by atoms with E-state index >= 15 is 0 Å². The smallest absolute Gasteiger partial charge is 0.230 e. The van der Waals surface area contributed by atoms with Crippen LogP contribution in [0.5, 0.6) is 0 Å². The molecule has 0 amide bonds. The molecule has 2 saturated heterocycles. The number of likely N-dealkylation sites (tertiary alicyclic amines) is 1. The number of sulfonamides is 1. The van der Waals surface area contributed by atoms with Crippen LogP contribution < -0.4 is 5.32 Å². The fourth-order valence-electron chi connectivity index (χ4n) is 3.11. The number of nitrogens with one attached hydrogen (secondary N) is 1. The lowest BCUT2D eigenvalue weighted by Gasteiger charge is -2.38. The van der Waals surface area contributed by atoms with Crippen molar-refractivity contribution < 1.29 is 8.42 Å². The molecular weight excluding hydrogens is 276 g/mol. The first kappa shape index (κ1) is 15.7. The average Bonchev–Trinajstić information content (AvgIpc) is 2.64. The molecule has 0 bridgehead atoms. The maximum Gasteiger partial charge on any atom is 0.230 e. The SMILES string of the molecule is CN1CCCCCC1S(=O)(=O)N1CCNC[C@@H]1CC#N. The second kappa shape index (κ2) is 6.85. The lowest BCUT2D eigenvalue weighted by molar-refractivity contribution is 0.242. The Balaban J connectivity index is 2.20. The highest BCUT2D eigenvalue weighted by atomic mass is 32.2. The maximum atomic E-state index is 12.9. The second-order valence-corrected chi connectivity index (χ2v) is 7.70. The van der Waals surface area contributed by atoms with Crippen molar-refractivity contribution in [1.82, 2.24) is 14.5 Å². The van der Waals surface area contributed by atoms with Crippen LogP contribution in [-0.2, 0) is 10.0 Å². The Kier molecular flexibility index (Phi) is 5.38. The summed E-state index contributed by atoms with van der Waals surface area (Å²) < 4.78 is 27.4. The quantitative estimate of drug-likeness (QED) is 0.813. The highest BCUT2D eigenvalue weighted by Gasteiger charge is 2.39. The summed E-state index contributed by atoms with van der Waals surface area (Å²) in [6.45, 7) is 2.54. The summed E-state index contributed by atoms with van der Waals surface area (Å²) in [5.74, 6) is 0. The van der Waals surface area contributed by atoms with Crippen LogP contribution in [0.15, 0.2) is 0 Å². The fraction of sp³-hybridized carbons (Fsp3) is 0.923. The summed E-state index contributed by atoms with van der Waals surface area (Å²) in [5, 5.41) is 11.7. The van der Waals surface area contributed by atoms with E-state index in [1.165, 1.54) is 0 Å². The van der Waals surface area contributed by atoms with E-state index in [1.807, 2.05) is 11.9 Å². The number of piperazine rings is 1. The fourth-order valence-corrected chi connectivity index (χ4v) is 5.36. The minimum atomic E-state index is -3.36. The van der Waals surface area contributed by atoms with E-state index in [-0.39, 0.29) is 12.5 Å². The number of nitriles is 1. The molecule has 2 aliphatic heterocycles. The molecule has 2 rings (SSSR count). The Morgan fingerprint density at radius 3 is 2.85 bits per heavy atom. The molecule has 0 aromatic rings. The second-order valence-electron chi connectivity index (χ2n) is 5.66. The first-order valence-corrected chi connectivity index (χ1v) is 8.86. The standard InChI is InChI=1S/C13H24N4O2S/c1-16-9-4-2-3-5-13(16)20(18,19)17-10-8-15-11-12(17)6-7-14/h12-13,15H,2-6,8-11H2,1H3/t12-,13?/m0/s1. The molecule has 20 heavy (non-hydrogen) atoms. The van der Waals surface area contributed by atoms with E-state index < -0.39 is 15.4 Å². The molecule has 0 aromatic heterocycles. The van der Waals surface area contributed by atoms with Gasteiger partial charge in [-0.05, 0) is 26.4 Å². The molecule has 6 nitrogen and oxygen atoms in total. The zero-order valence-corrected chi connectivity index (χ0v) is 12.9. The van der Waals surface area contributed by atoms with Gasteiger partial charge in [-0.3, -0.25) is 4.90 Å². The van der Waals surface area contributed by atoms with Crippen LogP contribution in [0.1, 0.15) is 32.1 Å². The van der Waals surface area contributed by atoms with Gasteiger partial charge in [0, 0.05) is 19.6 Å². The highest BCUT2D eigenvalue weighted by molar-refractivity contribution is 7.89. The zero-order chi connectivity index (χ0) is 14.6. The van der Waals surface area contributed by atoms with Gasteiger partial charge in [-0.25, -0.2) is 8.42 Å². The predicted molar refractivity (Wildman–Crippen MR) is 77.4 cm³/mol. The third kappa shape index (κ3) is 3.31. The molecule has 2 heterocycles. The lowest BCUT2D eigenvalue weighted by atomic mass is 10.2. The van der Waals surface area contributed by atoms with Gasteiger partial charge in [0.2, 0.25) is 10.0 Å². The predicted octanol–water partition coefficient (Wildman–Crippen LogP) is 0.336. The van der Waals surface area contributed by atoms with Crippen molar-refractivity contribution >= 4 is 10.0 Å². The molecule has 1 unspecified atom stereocenters. The van der Waals surface area contributed by atoms with E-state index in [1.54, 1.807) is 4.31 Å². The van der Waals surface area contributed by atoms with Gasteiger partial charge >= 0.3 is 0 Å². The third-order valence-electron chi connectivity index (χ3n) is 4.25. The van der Waals surface area contributed by atoms with Crippen molar-refractivity contribution in [2.45, 2.75) is 43.5 Å². The first-order valence-electron chi connectivity index (χ1n) is 7.36. The van der Waals surface area contributed by atoms with Gasteiger partial charge < -0.3 is 5.32 Å². The van der Waals surface area contributed by atoms with Crippen molar-refractivity contribution in [2.24, 2.45) is 0 Å². The summed E-state index contributed by atoms with van der Waals surface area (Å²) >= 11 is 0. The van der Waals surface area contributed by atoms with E-state index in [0.717, 1.165) is 25.8 Å². The minimum absolute atomic E-state index is 0.226. The molecule has 0 aliphatic carbocycles. The van der Waals surface area contributed by atoms with Gasteiger partial charge in [-0.2, -0.15) is 9.57 Å². The molecule has 0 aromatic carbocycles. The van der Waals surface area contributed by atoms with Crippen LogP contribution >= 0.6 is 0 Å². The van der Waals surface area contributed by atoms with E-state index in [0.29, 0.717) is 26.1 Å². The van der Waals surface area contributed by atoms with Gasteiger partial charge in [-0.15, -0.1) is 0 Å². The van der Waals surface area contributed by atoms with Crippen LogP contribution in [0.3, 0.4) is 0 Å². The number of hydrogen-bond donors (Lipinski definition) is 1. The van der Waals surface area contributed by atoms with E-state index in [2.05, 4.69) is 11.4 Å². The first-order chi connectivity index (χ1) is 9.57. The summed E-state index contributed by atoms with van der Waals surface area (Å²) in [7, 11) is -1.46. The lowest BCUT2D eigenvalue weighted by Crippen LogP contribution is -2.57. The summed E-state index contributed by atoms with van der Waals surface area (Å²) in [6, 6.07) is 1.88. The number of hydrogen-bond acceptors (Lipinski definition) is 5. The molecule has 2 fully saturated rings. The summed E-state index contributed by atoms with van der Waals surface area (Å²) in [4.78, 5) is 1.97. The van der Waals surface area contributed by atoms with Gasteiger partial charge in [0.05, 0.1) is 18.5 Å². The molecule has 0 spiro atoms. The number of nitrogens with zero attached hydrogens (tertiary/aromatic N) is 3. The van der Waals surface area contributed by atoms with Crippen molar-refractivity contribution in [3.05, 3.63) is 0 Å². The van der Waals surface area contributed by atoms with Gasteiger partial charge in [0.15, 0.2) is 0 Å². The van der Waals surface area contributed by atoms with Crippen LogP contribution in [0.25, 0.3) is 0 Å². The molecule has 2 atom stereocenters. The Morgan fingerprint density at radius 2 is 2.10 bits per heavy atom. The Hall–Kier alpha value is -0.680. The zero-order valence-electron chi connectivity index (χ0n) is 12.1. The third-order valence-corrected chi connectivity index (χ3v) is 6.67. The number of rotatable bonds is 3. The monoisotopic (exact) mass is 300 g/mol. The molecular formula is C13H24N4O2S. The summed E-state index contributed by atoms with van der Waals surface area (Å²) in [6.07, 6.45) is 4.07. The van der Waals surface area contributed by atoms with Crippen molar-refractivity contribution in [3.63, 3.8) is 0 Å². The van der Waals surface area contributed by atoms with Crippen LogP contribution in [0, 0.1) is 11.3 Å². The van der Waals surface area contributed by atoms with E-state index in [9.17, 15) is 8.42 Å². The van der Waals surface area contributed by atoms with Gasteiger partial charge in [0.25, 0.3) is 0 Å². The molecule has 114 valence electrons. The van der Waals surface area contributed by atoms with Crippen LogP contribution in [0.4, 0.5) is 0 Å². The van der Waals surface area contributed by atoms with Gasteiger partial charge in [-0.1, -0.05) is 12.8 Å². The minimum Gasteiger partial charge on any atom is -0.314 e. The Morgan fingerprint density at radius 1 is 1.30 bits per heavy atom. The normalized spacial score (nSPS) is 30.6. The van der Waals surface area contributed by atoms with E-state index in [4.69, 9.17) is 5.26 Å². The molecule has 7 heteroatoms. The molecule has 2 aliphatic rings. The highest BCUT2D eigenvalue weighted by Crippen LogP contribution is 2.25. The van der Waals surface area contributed by atoms with Gasteiger partial charge in [0.1, 0.15) is 5.37 Å². The van der Waals surface area contributed by atoms with Crippen LogP contribution in [0.2, 0.25) is 0 Å². The van der Waals surface area contributed by atoms with Crippen LogP contribution in [-0.4, -0.2) is 62.3 Å². The Bertz CT molecular complexity index is 459. The van der Waals surface area contributed by atoms with Crippen molar-refractivity contribution in [1.29, 1.82) is 5.26 Å². The summed E-state index contributed by atoms with van der Waals surface area (Å²) in [5.41, 5.74) is 0. The molecule has 1 N–H and O–H groups in total. The Labute approximate surface area is 121 Å². The van der Waals surface area contributed by atoms with Crippen molar-refractivity contribution in [2.75, 3.05) is 33.2 Å². The van der Waals surface area contributed by atoms with Crippen molar-refractivity contribution in [3.8, 4) is 6.07 Å². The maximum absolute atomic E-state index is 12.9. The average molecular weight is 300 g/mol.